The molecule has 2 aliphatic carbocycles. The van der Waals surface area contributed by atoms with Crippen molar-refractivity contribution in [2.75, 3.05) is 26.4 Å². The third kappa shape index (κ3) is 5.75. The highest BCUT2D eigenvalue weighted by Gasteiger charge is 2.29. The Kier molecular flexibility index (Phi) is 7.80. The smallest absolute Gasteiger partial charge is 0.407 e. The van der Waals surface area contributed by atoms with Crippen LogP contribution in [0.3, 0.4) is 0 Å². The zero-order valence-electron chi connectivity index (χ0n) is 19.0. The topological polar surface area (TPSA) is 114 Å². The van der Waals surface area contributed by atoms with Gasteiger partial charge in [-0.3, -0.25) is 9.59 Å². The number of alkyl carbamates (subject to hydrolysis) is 1. The lowest BCUT2D eigenvalue weighted by atomic mass is 9.86. The molecule has 0 aromatic heterocycles. The molecule has 2 unspecified atom stereocenters. The quantitative estimate of drug-likeness (QED) is 0.489. The maximum absolute atomic E-state index is 12.2. The number of ether oxygens (including phenoxy) is 2. The molecule has 1 saturated carbocycles. The zero-order valence-corrected chi connectivity index (χ0v) is 19.0. The fourth-order valence-electron chi connectivity index (χ4n) is 4.85. The van der Waals surface area contributed by atoms with Gasteiger partial charge in [-0.25, -0.2) is 4.79 Å². The van der Waals surface area contributed by atoms with Gasteiger partial charge in [0.2, 0.25) is 5.91 Å². The summed E-state index contributed by atoms with van der Waals surface area (Å²) in [6, 6.07) is 16.2. The summed E-state index contributed by atoms with van der Waals surface area (Å²) in [6.45, 7) is 0.483. The molecule has 2 atom stereocenters. The average Bonchev–Trinajstić information content (AvgIpc) is 3.16. The second-order valence-corrected chi connectivity index (χ2v) is 8.77. The molecule has 8 nitrogen and oxygen atoms in total. The fraction of sp³-hybridized carbons (Fsp3) is 0.423. The van der Waals surface area contributed by atoms with E-state index < -0.39 is 18.0 Å². The van der Waals surface area contributed by atoms with Crippen molar-refractivity contribution in [3.05, 3.63) is 59.7 Å². The van der Waals surface area contributed by atoms with Crippen LogP contribution in [0.1, 0.15) is 42.7 Å². The van der Waals surface area contributed by atoms with Gasteiger partial charge in [-0.2, -0.15) is 0 Å². The van der Waals surface area contributed by atoms with Gasteiger partial charge in [-0.1, -0.05) is 55.0 Å². The van der Waals surface area contributed by atoms with Gasteiger partial charge in [0.15, 0.2) is 0 Å². The van der Waals surface area contributed by atoms with E-state index in [0.29, 0.717) is 12.8 Å². The Bertz CT molecular complexity index is 994. The fourth-order valence-corrected chi connectivity index (χ4v) is 4.85. The minimum atomic E-state index is -0.811. The molecular weight excluding hydrogens is 436 g/mol. The van der Waals surface area contributed by atoms with Crippen molar-refractivity contribution in [3.63, 3.8) is 0 Å². The summed E-state index contributed by atoms with van der Waals surface area (Å²) < 4.78 is 10.8. The number of carboxylic acids is 1. The Labute approximate surface area is 198 Å². The predicted molar refractivity (Wildman–Crippen MR) is 125 cm³/mol. The summed E-state index contributed by atoms with van der Waals surface area (Å²) in [5.41, 5.74) is 4.65. The van der Waals surface area contributed by atoms with Gasteiger partial charge < -0.3 is 25.2 Å². The molecule has 0 bridgehead atoms. The monoisotopic (exact) mass is 466 g/mol. The Hall–Kier alpha value is -3.39. The van der Waals surface area contributed by atoms with Crippen LogP contribution in [0.25, 0.3) is 11.1 Å². The van der Waals surface area contributed by atoms with E-state index >= 15 is 0 Å². The first-order valence-electron chi connectivity index (χ1n) is 11.7. The number of fused-ring (bicyclic) bond motifs is 3. The number of hydrogen-bond acceptors (Lipinski definition) is 5. The number of benzene rings is 2. The zero-order chi connectivity index (χ0) is 23.9. The van der Waals surface area contributed by atoms with E-state index in [1.54, 1.807) is 0 Å². The highest BCUT2D eigenvalue weighted by Crippen LogP contribution is 2.44. The van der Waals surface area contributed by atoms with Crippen molar-refractivity contribution in [1.29, 1.82) is 0 Å². The van der Waals surface area contributed by atoms with E-state index in [1.807, 2.05) is 24.3 Å². The van der Waals surface area contributed by atoms with Crippen molar-refractivity contribution in [2.45, 2.75) is 37.6 Å². The molecule has 0 saturated heterocycles. The summed E-state index contributed by atoms with van der Waals surface area (Å²) in [6.07, 6.45) is 2.13. The molecule has 0 spiro atoms. The number of carboxylic acid groups (broad SMARTS) is 1. The number of aliphatic carboxylic acids is 1. The first kappa shape index (κ1) is 23.8. The van der Waals surface area contributed by atoms with Gasteiger partial charge in [-0.15, -0.1) is 0 Å². The van der Waals surface area contributed by atoms with E-state index in [4.69, 9.17) is 14.6 Å². The van der Waals surface area contributed by atoms with Crippen LogP contribution in [0.2, 0.25) is 0 Å². The molecule has 180 valence electrons. The molecule has 2 aromatic rings. The normalized spacial score (nSPS) is 19.1. The highest BCUT2D eigenvalue weighted by atomic mass is 16.5. The van der Waals surface area contributed by atoms with Crippen molar-refractivity contribution < 1.29 is 29.0 Å². The van der Waals surface area contributed by atoms with Crippen molar-refractivity contribution in [3.8, 4) is 11.1 Å². The molecule has 8 heteroatoms. The van der Waals surface area contributed by atoms with Gasteiger partial charge in [0.25, 0.3) is 0 Å². The van der Waals surface area contributed by atoms with Crippen LogP contribution in [0.5, 0.6) is 0 Å². The van der Waals surface area contributed by atoms with Crippen LogP contribution in [-0.4, -0.2) is 55.5 Å². The summed E-state index contributed by atoms with van der Waals surface area (Å²) in [5, 5.41) is 14.6. The summed E-state index contributed by atoms with van der Waals surface area (Å²) in [5.74, 6) is -1.49. The number of hydrogen-bond donors (Lipinski definition) is 3. The van der Waals surface area contributed by atoms with Crippen LogP contribution >= 0.6 is 0 Å². The molecule has 4 rings (SSSR count). The first-order chi connectivity index (χ1) is 16.5. The van der Waals surface area contributed by atoms with Crippen molar-refractivity contribution >= 4 is 18.0 Å². The highest BCUT2D eigenvalue weighted by molar-refractivity contribution is 5.79. The maximum atomic E-state index is 12.2. The van der Waals surface area contributed by atoms with Crippen LogP contribution in [-0.2, 0) is 19.1 Å². The van der Waals surface area contributed by atoms with Gasteiger partial charge in [-0.05, 0) is 41.5 Å². The van der Waals surface area contributed by atoms with Crippen LogP contribution in [0.4, 0.5) is 4.79 Å². The molecule has 2 aromatic carbocycles. The second-order valence-electron chi connectivity index (χ2n) is 8.77. The molecule has 0 aliphatic heterocycles. The Balaban J connectivity index is 1.13. The molecule has 3 N–H and O–H groups in total. The van der Waals surface area contributed by atoms with Crippen molar-refractivity contribution in [1.82, 2.24) is 10.6 Å². The first-order valence-corrected chi connectivity index (χ1v) is 11.7. The molecular formula is C26H30N2O6. The van der Waals surface area contributed by atoms with Crippen LogP contribution < -0.4 is 10.6 Å². The number of rotatable bonds is 9. The number of nitrogens with one attached hydrogen (secondary N) is 2. The van der Waals surface area contributed by atoms with Crippen molar-refractivity contribution in [2.24, 2.45) is 5.92 Å². The molecule has 0 radical (unpaired) electrons. The Morgan fingerprint density at radius 2 is 1.65 bits per heavy atom. The number of carbonyl (C=O) groups excluding carboxylic acids is 2. The third-order valence-electron chi connectivity index (χ3n) is 6.48. The molecule has 1 fully saturated rings. The van der Waals surface area contributed by atoms with Gasteiger partial charge in [0, 0.05) is 18.5 Å². The number of amides is 2. The predicted octanol–water partition coefficient (Wildman–Crippen LogP) is 3.30. The molecule has 2 amide bonds. The minimum absolute atomic E-state index is 0.00129. The molecule has 0 heterocycles. The SMILES string of the molecule is O=C(COCCNC(=O)OCC1c2ccccc2-c2ccccc21)NC1CCCC(C(=O)O)C1. The largest absolute Gasteiger partial charge is 0.481 e. The average molecular weight is 467 g/mol. The van der Waals surface area contributed by atoms with Gasteiger partial charge in [0.1, 0.15) is 13.2 Å². The summed E-state index contributed by atoms with van der Waals surface area (Å²) in [7, 11) is 0. The lowest BCUT2D eigenvalue weighted by Gasteiger charge is -2.27. The lowest BCUT2D eigenvalue weighted by Crippen LogP contribution is -2.41. The number of carbonyl (C=O) groups is 3. The third-order valence-corrected chi connectivity index (χ3v) is 6.48. The van der Waals surface area contributed by atoms with E-state index in [2.05, 4.69) is 34.9 Å². The van der Waals surface area contributed by atoms with Crippen LogP contribution in [0, 0.1) is 5.92 Å². The second kappa shape index (κ2) is 11.2. The summed E-state index contributed by atoms with van der Waals surface area (Å²) >= 11 is 0. The Morgan fingerprint density at radius 3 is 2.32 bits per heavy atom. The Morgan fingerprint density at radius 1 is 0.971 bits per heavy atom. The molecule has 34 heavy (non-hydrogen) atoms. The summed E-state index contributed by atoms with van der Waals surface area (Å²) in [4.78, 5) is 35.3. The van der Waals surface area contributed by atoms with E-state index in [0.717, 1.165) is 24.0 Å². The van der Waals surface area contributed by atoms with E-state index in [9.17, 15) is 14.4 Å². The maximum Gasteiger partial charge on any atom is 0.407 e. The standard InChI is InChI=1S/C26H30N2O6/c29-24(28-18-7-5-6-17(14-18)25(30)31)16-33-13-12-27-26(32)34-15-23-21-10-3-1-8-19(21)20-9-2-4-11-22(20)23/h1-4,8-11,17-18,23H,5-7,12-16H2,(H,27,32)(H,28,29)(H,30,31). The molecule has 2 aliphatic rings. The lowest BCUT2D eigenvalue weighted by molar-refractivity contribution is -0.143. The van der Waals surface area contributed by atoms with Crippen LogP contribution in [0.15, 0.2) is 48.5 Å². The van der Waals surface area contributed by atoms with Gasteiger partial charge in [0.05, 0.1) is 12.5 Å². The van der Waals surface area contributed by atoms with E-state index in [-0.39, 0.29) is 44.2 Å². The van der Waals surface area contributed by atoms with E-state index in [1.165, 1.54) is 11.1 Å². The minimum Gasteiger partial charge on any atom is -0.481 e. The van der Waals surface area contributed by atoms with Gasteiger partial charge >= 0.3 is 12.1 Å².